The molecule has 0 bridgehead atoms. The zero-order chi connectivity index (χ0) is 9.10. The van der Waals surface area contributed by atoms with Crippen LogP contribution >= 0.6 is 0 Å². The van der Waals surface area contributed by atoms with Crippen molar-refractivity contribution in [2.75, 3.05) is 26.2 Å². The Bertz CT molecular complexity index is 152. The highest BCUT2D eigenvalue weighted by atomic mass is 15.2. The summed E-state index contributed by atoms with van der Waals surface area (Å²) < 4.78 is 0. The summed E-state index contributed by atoms with van der Waals surface area (Å²) in [6.45, 7) is 7.55. The monoisotopic (exact) mass is 182 g/mol. The van der Waals surface area contributed by atoms with E-state index in [4.69, 9.17) is 0 Å². The van der Waals surface area contributed by atoms with E-state index in [1.165, 1.54) is 51.9 Å². The number of likely N-dealkylation sites (tertiary alicyclic amines) is 1. The molecule has 76 valence electrons. The summed E-state index contributed by atoms with van der Waals surface area (Å²) in [7, 11) is 0. The van der Waals surface area contributed by atoms with Gasteiger partial charge in [0.2, 0.25) is 0 Å². The molecule has 2 heterocycles. The van der Waals surface area contributed by atoms with Gasteiger partial charge < -0.3 is 5.32 Å². The molecule has 13 heavy (non-hydrogen) atoms. The Morgan fingerprint density at radius 1 is 1.15 bits per heavy atom. The van der Waals surface area contributed by atoms with Crippen LogP contribution in [0, 0.1) is 5.92 Å². The van der Waals surface area contributed by atoms with E-state index in [0.717, 1.165) is 12.0 Å². The maximum Gasteiger partial charge on any atom is 0.0232 e. The van der Waals surface area contributed by atoms with E-state index in [-0.39, 0.29) is 0 Å². The number of nitrogens with zero attached hydrogens (tertiary/aromatic N) is 1. The van der Waals surface area contributed by atoms with E-state index in [0.29, 0.717) is 0 Å². The first-order valence-electron chi connectivity index (χ1n) is 5.81. The van der Waals surface area contributed by atoms with Gasteiger partial charge in [0, 0.05) is 12.6 Å². The summed E-state index contributed by atoms with van der Waals surface area (Å²) in [5, 5.41) is 3.46. The van der Waals surface area contributed by atoms with Gasteiger partial charge in [-0.05, 0) is 51.2 Å². The van der Waals surface area contributed by atoms with Gasteiger partial charge in [0.15, 0.2) is 0 Å². The molecule has 2 rings (SSSR count). The van der Waals surface area contributed by atoms with Gasteiger partial charge in [-0.3, -0.25) is 4.90 Å². The van der Waals surface area contributed by atoms with Crippen molar-refractivity contribution < 1.29 is 0 Å². The lowest BCUT2D eigenvalue weighted by Gasteiger charge is -2.26. The maximum absolute atomic E-state index is 3.46. The largest absolute Gasteiger partial charge is 0.315 e. The van der Waals surface area contributed by atoms with Gasteiger partial charge in [0.25, 0.3) is 0 Å². The maximum atomic E-state index is 3.46. The molecule has 2 fully saturated rings. The van der Waals surface area contributed by atoms with E-state index in [1.807, 2.05) is 0 Å². The quantitative estimate of drug-likeness (QED) is 0.660. The van der Waals surface area contributed by atoms with Crippen molar-refractivity contribution in [2.45, 2.75) is 38.6 Å². The van der Waals surface area contributed by atoms with Crippen molar-refractivity contribution in [3.05, 3.63) is 0 Å². The minimum atomic E-state index is 0.852. The van der Waals surface area contributed by atoms with Crippen molar-refractivity contribution >= 4 is 0 Å². The second-order valence-corrected chi connectivity index (χ2v) is 4.72. The minimum absolute atomic E-state index is 0.852. The van der Waals surface area contributed by atoms with Crippen molar-refractivity contribution in [2.24, 2.45) is 5.92 Å². The van der Waals surface area contributed by atoms with E-state index in [2.05, 4.69) is 17.1 Å². The van der Waals surface area contributed by atoms with Crippen molar-refractivity contribution in [1.29, 1.82) is 0 Å². The smallest absolute Gasteiger partial charge is 0.0232 e. The van der Waals surface area contributed by atoms with Crippen LogP contribution in [0.15, 0.2) is 0 Å². The van der Waals surface area contributed by atoms with E-state index in [1.54, 1.807) is 0 Å². The third-order valence-corrected chi connectivity index (χ3v) is 3.60. The average molecular weight is 182 g/mol. The Morgan fingerprint density at radius 3 is 2.85 bits per heavy atom. The first-order valence-corrected chi connectivity index (χ1v) is 5.81. The lowest BCUT2D eigenvalue weighted by atomic mass is 10.0. The molecule has 2 atom stereocenters. The molecule has 0 amide bonds. The molecule has 2 aliphatic heterocycles. The predicted octanol–water partition coefficient (Wildman–Crippen LogP) is 1.47. The highest BCUT2D eigenvalue weighted by Crippen LogP contribution is 2.19. The molecule has 0 spiro atoms. The van der Waals surface area contributed by atoms with Gasteiger partial charge in [-0.15, -0.1) is 0 Å². The Hall–Kier alpha value is -0.0800. The van der Waals surface area contributed by atoms with Crippen LogP contribution in [0.25, 0.3) is 0 Å². The molecule has 0 saturated carbocycles. The minimum Gasteiger partial charge on any atom is -0.315 e. The van der Waals surface area contributed by atoms with Crippen LogP contribution in [0.5, 0.6) is 0 Å². The topological polar surface area (TPSA) is 15.3 Å². The molecular weight excluding hydrogens is 160 g/mol. The van der Waals surface area contributed by atoms with Gasteiger partial charge in [-0.25, -0.2) is 0 Å². The van der Waals surface area contributed by atoms with Gasteiger partial charge in [-0.1, -0.05) is 6.92 Å². The fraction of sp³-hybridized carbons (Fsp3) is 1.00. The summed E-state index contributed by atoms with van der Waals surface area (Å²) in [5.41, 5.74) is 0. The van der Waals surface area contributed by atoms with Crippen LogP contribution in [0.2, 0.25) is 0 Å². The molecule has 0 aliphatic carbocycles. The zero-order valence-corrected chi connectivity index (χ0v) is 8.76. The van der Waals surface area contributed by atoms with E-state index < -0.39 is 0 Å². The summed E-state index contributed by atoms with van der Waals surface area (Å²) in [6, 6.07) is 0.852. The van der Waals surface area contributed by atoms with Crippen molar-refractivity contribution in [1.82, 2.24) is 10.2 Å². The van der Waals surface area contributed by atoms with Gasteiger partial charge in [-0.2, -0.15) is 0 Å². The Kier molecular flexibility index (Phi) is 3.23. The lowest BCUT2D eigenvalue weighted by molar-refractivity contribution is 0.214. The van der Waals surface area contributed by atoms with Crippen LogP contribution in [-0.2, 0) is 0 Å². The second-order valence-electron chi connectivity index (χ2n) is 4.72. The Labute approximate surface area is 81.7 Å². The fourth-order valence-corrected chi connectivity index (χ4v) is 2.60. The molecule has 2 heteroatoms. The summed E-state index contributed by atoms with van der Waals surface area (Å²) in [6.07, 6.45) is 5.64. The van der Waals surface area contributed by atoms with Gasteiger partial charge in [0.05, 0.1) is 0 Å². The van der Waals surface area contributed by atoms with E-state index >= 15 is 0 Å². The van der Waals surface area contributed by atoms with Crippen LogP contribution in [0.4, 0.5) is 0 Å². The molecule has 0 aromatic heterocycles. The second kappa shape index (κ2) is 4.43. The standard InChI is InChI=1S/C11H22N2/c1-10-3-2-7-13(8-5-10)11-4-6-12-9-11/h10-12H,2-9H2,1H3. The summed E-state index contributed by atoms with van der Waals surface area (Å²) in [4.78, 5) is 2.71. The molecule has 2 nitrogen and oxygen atoms in total. The first kappa shape index (κ1) is 9.47. The van der Waals surface area contributed by atoms with Crippen LogP contribution < -0.4 is 5.32 Å². The number of hydrogen-bond acceptors (Lipinski definition) is 2. The number of nitrogens with one attached hydrogen (secondary N) is 1. The Balaban J connectivity index is 1.84. The van der Waals surface area contributed by atoms with Crippen LogP contribution in [0.1, 0.15) is 32.6 Å². The zero-order valence-electron chi connectivity index (χ0n) is 8.76. The molecule has 2 unspecified atom stereocenters. The van der Waals surface area contributed by atoms with E-state index in [9.17, 15) is 0 Å². The number of hydrogen-bond donors (Lipinski definition) is 1. The molecular formula is C11H22N2. The van der Waals surface area contributed by atoms with Gasteiger partial charge >= 0.3 is 0 Å². The van der Waals surface area contributed by atoms with Gasteiger partial charge in [0.1, 0.15) is 0 Å². The number of rotatable bonds is 1. The molecule has 2 aliphatic rings. The summed E-state index contributed by atoms with van der Waals surface area (Å²) in [5.74, 6) is 0.958. The first-order chi connectivity index (χ1) is 6.36. The molecule has 0 aromatic carbocycles. The lowest BCUT2D eigenvalue weighted by Crippen LogP contribution is -2.37. The van der Waals surface area contributed by atoms with Crippen molar-refractivity contribution in [3.63, 3.8) is 0 Å². The molecule has 1 N–H and O–H groups in total. The van der Waals surface area contributed by atoms with Crippen LogP contribution in [-0.4, -0.2) is 37.1 Å². The van der Waals surface area contributed by atoms with Crippen molar-refractivity contribution in [3.8, 4) is 0 Å². The SMILES string of the molecule is CC1CCCN(C2CCNC2)CC1. The molecule has 2 saturated heterocycles. The Morgan fingerprint density at radius 2 is 2.08 bits per heavy atom. The fourth-order valence-electron chi connectivity index (χ4n) is 2.60. The molecule has 0 aromatic rings. The predicted molar refractivity (Wildman–Crippen MR) is 55.9 cm³/mol. The van der Waals surface area contributed by atoms with Crippen LogP contribution in [0.3, 0.4) is 0 Å². The third kappa shape index (κ3) is 2.44. The summed E-state index contributed by atoms with van der Waals surface area (Å²) >= 11 is 0. The average Bonchev–Trinajstić information content (AvgIpc) is 2.56. The third-order valence-electron chi connectivity index (χ3n) is 3.60. The normalized spacial score (nSPS) is 37.6. The highest BCUT2D eigenvalue weighted by Gasteiger charge is 2.23. The molecule has 0 radical (unpaired) electrons. The highest BCUT2D eigenvalue weighted by molar-refractivity contribution is 4.82.